The average Bonchev–Trinajstić information content (AvgIpc) is 2.63. The van der Waals surface area contributed by atoms with Gasteiger partial charge in [-0.1, -0.05) is 11.8 Å². The van der Waals surface area contributed by atoms with E-state index >= 15 is 0 Å². The van der Waals surface area contributed by atoms with E-state index in [4.69, 9.17) is 16.6 Å². The lowest BCUT2D eigenvalue weighted by Crippen LogP contribution is -1.85. The number of nitrogens with one attached hydrogen (secondary N) is 1. The van der Waals surface area contributed by atoms with Crippen molar-refractivity contribution in [2.45, 2.75) is 10.9 Å². The van der Waals surface area contributed by atoms with E-state index in [2.05, 4.69) is 20.2 Å². The summed E-state index contributed by atoms with van der Waals surface area (Å²) in [6.07, 6.45) is 3.38. The molecule has 0 aromatic carbocycles. The van der Waals surface area contributed by atoms with Gasteiger partial charge in [0.05, 0.1) is 5.75 Å². The Kier molecular flexibility index (Phi) is 2.90. The van der Waals surface area contributed by atoms with Crippen LogP contribution in [0.4, 0.5) is 0 Å². The molecule has 0 aliphatic rings. The third kappa shape index (κ3) is 2.39. The molecule has 0 saturated carbocycles. The molecular weight excluding hydrogens is 220 g/mol. The van der Waals surface area contributed by atoms with Crippen LogP contribution in [0.3, 0.4) is 0 Å². The van der Waals surface area contributed by atoms with Crippen molar-refractivity contribution in [1.82, 2.24) is 20.2 Å². The Labute approximate surface area is 89.0 Å². The van der Waals surface area contributed by atoms with Gasteiger partial charge < -0.3 is 4.42 Å². The molecular formula is C7H6N4OS2. The Balaban J connectivity index is 1.98. The molecule has 0 spiro atoms. The lowest BCUT2D eigenvalue weighted by Gasteiger charge is -1.93. The van der Waals surface area contributed by atoms with E-state index in [9.17, 15) is 0 Å². The fraction of sp³-hybridized carbons (Fsp3) is 0.143. The predicted octanol–water partition coefficient (Wildman–Crippen LogP) is 1.81. The first kappa shape index (κ1) is 9.35. The molecule has 1 N–H and O–H groups in total. The van der Waals surface area contributed by atoms with Gasteiger partial charge in [-0.25, -0.2) is 15.1 Å². The molecule has 0 saturated heterocycles. The van der Waals surface area contributed by atoms with Crippen LogP contribution in [0.25, 0.3) is 0 Å². The number of rotatable bonds is 3. The Morgan fingerprint density at radius 3 is 2.86 bits per heavy atom. The summed E-state index contributed by atoms with van der Waals surface area (Å²) in [5.74, 6) is 1.12. The van der Waals surface area contributed by atoms with Gasteiger partial charge in [0, 0.05) is 12.4 Å². The number of thioether (sulfide) groups is 1. The van der Waals surface area contributed by atoms with Crippen LogP contribution in [-0.4, -0.2) is 20.2 Å². The standard InChI is InChI=1S/C7H6N4OS2/c13-7-11-10-5(12-7)4-14-6-8-2-1-3-9-6/h1-3H,4H2,(H,11,13). The first-order chi connectivity index (χ1) is 6.84. The first-order valence-electron chi connectivity index (χ1n) is 3.79. The summed E-state index contributed by atoms with van der Waals surface area (Å²) < 4.78 is 5.08. The molecule has 14 heavy (non-hydrogen) atoms. The third-order valence-electron chi connectivity index (χ3n) is 1.35. The van der Waals surface area contributed by atoms with Gasteiger partial charge in [0.2, 0.25) is 5.89 Å². The molecule has 0 atom stereocenters. The monoisotopic (exact) mass is 226 g/mol. The topological polar surface area (TPSA) is 67.6 Å². The molecule has 0 fully saturated rings. The average molecular weight is 226 g/mol. The van der Waals surface area contributed by atoms with Gasteiger partial charge in [0.1, 0.15) is 0 Å². The molecule has 0 radical (unpaired) electrons. The summed E-state index contributed by atoms with van der Waals surface area (Å²) in [6, 6.07) is 1.77. The number of H-pyrrole nitrogens is 1. The molecule has 72 valence electrons. The van der Waals surface area contributed by atoms with Crippen molar-refractivity contribution in [3.63, 3.8) is 0 Å². The second-order valence-corrected chi connectivity index (χ2v) is 3.64. The highest BCUT2D eigenvalue weighted by Crippen LogP contribution is 2.16. The lowest BCUT2D eigenvalue weighted by atomic mass is 10.7. The van der Waals surface area contributed by atoms with Gasteiger partial charge in [0.15, 0.2) is 5.16 Å². The summed E-state index contributed by atoms with van der Waals surface area (Å²) >= 11 is 6.18. The lowest BCUT2D eigenvalue weighted by molar-refractivity contribution is 0.500. The fourth-order valence-electron chi connectivity index (χ4n) is 0.809. The highest BCUT2D eigenvalue weighted by molar-refractivity contribution is 7.98. The molecule has 2 aromatic rings. The van der Waals surface area contributed by atoms with E-state index in [0.29, 0.717) is 16.8 Å². The highest BCUT2D eigenvalue weighted by atomic mass is 32.2. The van der Waals surface area contributed by atoms with E-state index in [-0.39, 0.29) is 4.84 Å². The van der Waals surface area contributed by atoms with Crippen molar-refractivity contribution < 1.29 is 4.42 Å². The minimum Gasteiger partial charge on any atom is -0.413 e. The largest absolute Gasteiger partial charge is 0.413 e. The predicted molar refractivity (Wildman–Crippen MR) is 53.3 cm³/mol. The summed E-state index contributed by atoms with van der Waals surface area (Å²) in [5.41, 5.74) is 0. The number of aromatic nitrogens is 4. The second kappa shape index (κ2) is 4.34. The molecule has 0 amide bonds. The molecule has 2 heterocycles. The van der Waals surface area contributed by atoms with E-state index in [1.807, 2.05) is 0 Å². The highest BCUT2D eigenvalue weighted by Gasteiger charge is 2.02. The maximum absolute atomic E-state index is 5.08. The number of aromatic amines is 1. The Hall–Kier alpha value is -1.21. The molecule has 5 nitrogen and oxygen atoms in total. The van der Waals surface area contributed by atoms with Crippen molar-refractivity contribution in [3.8, 4) is 0 Å². The van der Waals surface area contributed by atoms with Crippen LogP contribution in [0, 0.1) is 4.84 Å². The number of nitrogens with zero attached hydrogens (tertiary/aromatic N) is 3. The van der Waals surface area contributed by atoms with Crippen LogP contribution in [-0.2, 0) is 5.75 Å². The van der Waals surface area contributed by atoms with Crippen LogP contribution >= 0.6 is 24.0 Å². The minimum atomic E-state index is 0.287. The Morgan fingerprint density at radius 1 is 1.43 bits per heavy atom. The molecule has 0 aliphatic carbocycles. The zero-order valence-electron chi connectivity index (χ0n) is 7.01. The number of hydrogen-bond acceptors (Lipinski definition) is 6. The third-order valence-corrected chi connectivity index (χ3v) is 2.38. The van der Waals surface area contributed by atoms with Gasteiger partial charge >= 0.3 is 0 Å². The van der Waals surface area contributed by atoms with E-state index < -0.39 is 0 Å². The summed E-state index contributed by atoms with van der Waals surface area (Å²) in [6.45, 7) is 0. The van der Waals surface area contributed by atoms with E-state index in [1.165, 1.54) is 11.8 Å². The second-order valence-electron chi connectivity index (χ2n) is 2.33. The summed E-state index contributed by atoms with van der Waals surface area (Å²) in [4.78, 5) is 8.38. The van der Waals surface area contributed by atoms with Crippen molar-refractivity contribution in [2.75, 3.05) is 0 Å². The van der Waals surface area contributed by atoms with Gasteiger partial charge in [0.25, 0.3) is 4.84 Å². The maximum atomic E-state index is 5.08. The van der Waals surface area contributed by atoms with Crippen LogP contribution in [0.5, 0.6) is 0 Å². The Morgan fingerprint density at radius 2 is 2.21 bits per heavy atom. The molecule has 2 rings (SSSR count). The smallest absolute Gasteiger partial charge is 0.284 e. The Bertz CT molecular complexity index is 452. The number of hydrogen-bond donors (Lipinski definition) is 1. The fourth-order valence-corrected chi connectivity index (χ4v) is 1.60. The first-order valence-corrected chi connectivity index (χ1v) is 5.18. The zero-order valence-corrected chi connectivity index (χ0v) is 8.64. The molecule has 0 bridgehead atoms. The van der Waals surface area contributed by atoms with Crippen LogP contribution in [0.15, 0.2) is 28.0 Å². The van der Waals surface area contributed by atoms with Crippen LogP contribution < -0.4 is 0 Å². The van der Waals surface area contributed by atoms with Crippen molar-refractivity contribution in [3.05, 3.63) is 29.2 Å². The van der Waals surface area contributed by atoms with Crippen molar-refractivity contribution in [1.29, 1.82) is 0 Å². The SMILES string of the molecule is S=c1[nH]nc(CSc2ncccn2)o1. The molecule has 7 heteroatoms. The zero-order chi connectivity index (χ0) is 9.80. The quantitative estimate of drug-likeness (QED) is 0.489. The van der Waals surface area contributed by atoms with Gasteiger partial charge in [-0.3, -0.25) is 0 Å². The molecule has 0 unspecified atom stereocenters. The van der Waals surface area contributed by atoms with E-state index in [0.717, 1.165) is 0 Å². The maximum Gasteiger partial charge on any atom is 0.284 e. The van der Waals surface area contributed by atoms with Crippen molar-refractivity contribution >= 4 is 24.0 Å². The van der Waals surface area contributed by atoms with Gasteiger partial charge in [-0.15, -0.1) is 5.10 Å². The van der Waals surface area contributed by atoms with Crippen LogP contribution in [0.2, 0.25) is 0 Å². The minimum absolute atomic E-state index is 0.287. The van der Waals surface area contributed by atoms with Crippen LogP contribution in [0.1, 0.15) is 5.89 Å². The normalized spacial score (nSPS) is 10.3. The van der Waals surface area contributed by atoms with Gasteiger partial charge in [-0.05, 0) is 18.3 Å². The molecule has 0 aliphatic heterocycles. The van der Waals surface area contributed by atoms with Crippen molar-refractivity contribution in [2.24, 2.45) is 0 Å². The summed E-state index contributed by atoms with van der Waals surface area (Å²) in [5, 5.41) is 7.10. The molecule has 2 aromatic heterocycles. The summed E-state index contributed by atoms with van der Waals surface area (Å²) in [7, 11) is 0. The van der Waals surface area contributed by atoms with E-state index in [1.54, 1.807) is 18.5 Å². The van der Waals surface area contributed by atoms with Gasteiger partial charge in [-0.2, -0.15) is 0 Å².